The highest BCUT2D eigenvalue weighted by atomic mass is 32.2. The van der Waals surface area contributed by atoms with Crippen LogP contribution in [0.3, 0.4) is 0 Å². The molecule has 0 aliphatic carbocycles. The second-order valence-corrected chi connectivity index (χ2v) is 9.29. The number of aromatic nitrogens is 1. The maximum Gasteiger partial charge on any atom is 0.265 e. The van der Waals surface area contributed by atoms with Crippen LogP contribution < -0.4 is 0 Å². The molecule has 0 radical (unpaired) electrons. The van der Waals surface area contributed by atoms with Crippen LogP contribution in [0.25, 0.3) is 0 Å². The SMILES string of the molecule is O=C(c1cnc(C2OCCO2)s1)N1CCN(S(=O)(=O)c2ccc(F)cc2)CC1. The summed E-state index contributed by atoms with van der Waals surface area (Å²) in [6.45, 7) is 1.87. The van der Waals surface area contributed by atoms with Gasteiger partial charge in [-0.3, -0.25) is 4.79 Å². The van der Waals surface area contributed by atoms with Crippen LogP contribution in [0.5, 0.6) is 0 Å². The number of nitrogens with zero attached hydrogens (tertiary/aromatic N) is 3. The Labute approximate surface area is 165 Å². The second kappa shape index (κ2) is 7.84. The first-order valence-electron chi connectivity index (χ1n) is 8.69. The van der Waals surface area contributed by atoms with Crippen molar-refractivity contribution in [1.29, 1.82) is 0 Å². The van der Waals surface area contributed by atoms with Gasteiger partial charge < -0.3 is 14.4 Å². The van der Waals surface area contributed by atoms with Gasteiger partial charge in [-0.2, -0.15) is 4.31 Å². The van der Waals surface area contributed by atoms with Gasteiger partial charge in [0.25, 0.3) is 5.91 Å². The van der Waals surface area contributed by atoms with Gasteiger partial charge in [0, 0.05) is 26.2 Å². The first-order chi connectivity index (χ1) is 13.4. The molecule has 28 heavy (non-hydrogen) atoms. The molecule has 0 unspecified atom stereocenters. The van der Waals surface area contributed by atoms with Crippen LogP contribution in [0.15, 0.2) is 35.4 Å². The van der Waals surface area contributed by atoms with Crippen LogP contribution in [-0.2, 0) is 19.5 Å². The first kappa shape index (κ1) is 19.4. The zero-order valence-electron chi connectivity index (χ0n) is 14.8. The van der Waals surface area contributed by atoms with E-state index in [1.807, 2.05) is 0 Å². The predicted octanol–water partition coefficient (Wildman–Crippen LogP) is 1.47. The lowest BCUT2D eigenvalue weighted by Crippen LogP contribution is -2.50. The molecule has 4 rings (SSSR count). The van der Waals surface area contributed by atoms with Crippen LogP contribution in [0.1, 0.15) is 21.0 Å². The van der Waals surface area contributed by atoms with Crippen LogP contribution in [0.4, 0.5) is 4.39 Å². The average molecular weight is 427 g/mol. The molecule has 0 spiro atoms. The third kappa shape index (κ3) is 3.80. The molecule has 11 heteroatoms. The fraction of sp³-hybridized carbons (Fsp3) is 0.412. The summed E-state index contributed by atoms with van der Waals surface area (Å²) in [5.74, 6) is -0.688. The van der Waals surface area contributed by atoms with Crippen molar-refractivity contribution < 1.29 is 27.1 Å². The van der Waals surface area contributed by atoms with Gasteiger partial charge in [-0.1, -0.05) is 0 Å². The van der Waals surface area contributed by atoms with Gasteiger partial charge in [-0.25, -0.2) is 17.8 Å². The molecular weight excluding hydrogens is 409 g/mol. The zero-order chi connectivity index (χ0) is 19.7. The molecule has 1 amide bonds. The molecule has 2 fully saturated rings. The Morgan fingerprint density at radius 1 is 1.11 bits per heavy atom. The van der Waals surface area contributed by atoms with E-state index < -0.39 is 22.1 Å². The number of thiazole rings is 1. The maximum absolute atomic E-state index is 13.0. The van der Waals surface area contributed by atoms with Crippen LogP contribution in [0.2, 0.25) is 0 Å². The summed E-state index contributed by atoms with van der Waals surface area (Å²) in [4.78, 5) is 19.0. The van der Waals surface area contributed by atoms with E-state index in [0.29, 0.717) is 23.1 Å². The summed E-state index contributed by atoms with van der Waals surface area (Å²) in [7, 11) is -3.71. The minimum Gasteiger partial charge on any atom is -0.344 e. The summed E-state index contributed by atoms with van der Waals surface area (Å²) in [6.07, 6.45) is 0.971. The predicted molar refractivity (Wildman–Crippen MR) is 97.8 cm³/mol. The number of rotatable bonds is 4. The number of carbonyl (C=O) groups is 1. The lowest BCUT2D eigenvalue weighted by atomic mass is 10.3. The van der Waals surface area contributed by atoms with E-state index in [2.05, 4.69) is 4.98 Å². The number of benzene rings is 1. The van der Waals surface area contributed by atoms with Crippen molar-refractivity contribution in [3.63, 3.8) is 0 Å². The van der Waals surface area contributed by atoms with Crippen molar-refractivity contribution >= 4 is 27.3 Å². The van der Waals surface area contributed by atoms with Gasteiger partial charge in [0.2, 0.25) is 16.3 Å². The standard InChI is InChI=1S/C17H18FN3O5S2/c18-12-1-3-13(4-2-12)28(23,24)21-7-5-20(6-8-21)16(22)14-11-19-15(27-14)17-25-9-10-26-17/h1-4,11,17H,5-10H2. The number of hydrogen-bond donors (Lipinski definition) is 0. The van der Waals surface area contributed by atoms with Gasteiger partial charge in [0.1, 0.15) is 15.7 Å². The summed E-state index contributed by atoms with van der Waals surface area (Å²) in [5.41, 5.74) is 0. The monoisotopic (exact) mass is 427 g/mol. The molecule has 8 nitrogen and oxygen atoms in total. The number of piperazine rings is 1. The van der Waals surface area contributed by atoms with E-state index in [4.69, 9.17) is 9.47 Å². The molecule has 1 aromatic heterocycles. The summed E-state index contributed by atoms with van der Waals surface area (Å²) in [6, 6.07) is 4.72. The van der Waals surface area contributed by atoms with Crippen molar-refractivity contribution in [3.05, 3.63) is 46.2 Å². The van der Waals surface area contributed by atoms with E-state index in [9.17, 15) is 17.6 Å². The fourth-order valence-corrected chi connectivity index (χ4v) is 5.35. The van der Waals surface area contributed by atoms with Gasteiger partial charge in [-0.05, 0) is 24.3 Å². The van der Waals surface area contributed by atoms with E-state index in [1.165, 1.54) is 34.0 Å². The molecule has 1 aromatic carbocycles. The van der Waals surface area contributed by atoms with E-state index >= 15 is 0 Å². The minimum atomic E-state index is -3.71. The molecule has 2 saturated heterocycles. The molecule has 2 aromatic rings. The smallest absolute Gasteiger partial charge is 0.265 e. The molecule has 2 aliphatic heterocycles. The number of hydrogen-bond acceptors (Lipinski definition) is 7. The molecule has 2 aliphatic rings. The quantitative estimate of drug-likeness (QED) is 0.734. The fourth-order valence-electron chi connectivity index (χ4n) is 3.04. The van der Waals surface area contributed by atoms with E-state index in [-0.39, 0.29) is 37.0 Å². The van der Waals surface area contributed by atoms with Crippen LogP contribution >= 0.6 is 11.3 Å². The van der Waals surface area contributed by atoms with Crippen molar-refractivity contribution in [3.8, 4) is 0 Å². The highest BCUT2D eigenvalue weighted by Gasteiger charge is 2.31. The van der Waals surface area contributed by atoms with Crippen LogP contribution in [-0.4, -0.2) is 67.9 Å². The minimum absolute atomic E-state index is 0.0392. The van der Waals surface area contributed by atoms with Gasteiger partial charge in [0.15, 0.2) is 0 Å². The van der Waals surface area contributed by atoms with E-state index in [1.54, 1.807) is 4.90 Å². The third-order valence-corrected chi connectivity index (χ3v) is 7.45. The number of amides is 1. The molecule has 3 heterocycles. The summed E-state index contributed by atoms with van der Waals surface area (Å²) >= 11 is 1.22. The Hall–Kier alpha value is -1.92. The summed E-state index contributed by atoms with van der Waals surface area (Å²) < 4.78 is 50.4. The largest absolute Gasteiger partial charge is 0.344 e. The Morgan fingerprint density at radius 3 is 2.39 bits per heavy atom. The maximum atomic E-state index is 13.0. The highest BCUT2D eigenvalue weighted by Crippen LogP contribution is 2.28. The topological polar surface area (TPSA) is 89.0 Å². The number of halogens is 1. The molecule has 0 saturated carbocycles. The number of carbonyl (C=O) groups excluding carboxylic acids is 1. The summed E-state index contributed by atoms with van der Waals surface area (Å²) in [5, 5.41) is 0.596. The molecule has 0 bridgehead atoms. The molecule has 150 valence electrons. The first-order valence-corrected chi connectivity index (χ1v) is 10.9. The molecule has 0 atom stereocenters. The van der Waals surface area contributed by atoms with Crippen molar-refractivity contribution in [2.75, 3.05) is 39.4 Å². The Morgan fingerprint density at radius 2 is 1.75 bits per heavy atom. The van der Waals surface area contributed by atoms with Crippen LogP contribution in [0, 0.1) is 5.82 Å². The number of sulfonamides is 1. The van der Waals surface area contributed by atoms with E-state index in [0.717, 1.165) is 12.1 Å². The van der Waals surface area contributed by atoms with Crippen molar-refractivity contribution in [2.45, 2.75) is 11.2 Å². The molecule has 0 N–H and O–H groups in total. The Kier molecular flexibility index (Phi) is 5.43. The van der Waals surface area contributed by atoms with Gasteiger partial charge >= 0.3 is 0 Å². The zero-order valence-corrected chi connectivity index (χ0v) is 16.4. The molecular formula is C17H18FN3O5S2. The van der Waals surface area contributed by atoms with Gasteiger partial charge in [0.05, 0.1) is 24.3 Å². The highest BCUT2D eigenvalue weighted by molar-refractivity contribution is 7.89. The number of ether oxygens (including phenoxy) is 2. The lowest BCUT2D eigenvalue weighted by molar-refractivity contribution is -0.0442. The van der Waals surface area contributed by atoms with Crippen molar-refractivity contribution in [1.82, 2.24) is 14.2 Å². The Bertz CT molecular complexity index is 949. The third-order valence-electron chi connectivity index (χ3n) is 4.54. The second-order valence-electron chi connectivity index (χ2n) is 6.29. The van der Waals surface area contributed by atoms with Crippen molar-refractivity contribution in [2.24, 2.45) is 0 Å². The average Bonchev–Trinajstić information content (AvgIpc) is 3.39. The van der Waals surface area contributed by atoms with Gasteiger partial charge in [-0.15, -0.1) is 11.3 Å². The Balaban J connectivity index is 1.39. The lowest BCUT2D eigenvalue weighted by Gasteiger charge is -2.33. The normalized spacial score (nSPS) is 19.2.